The van der Waals surface area contributed by atoms with Crippen LogP contribution in [0.15, 0.2) is 53.3 Å². The number of likely N-dealkylation sites (tertiary alicyclic amines) is 1. The largest absolute Gasteiger partial charge is 0.472 e. The summed E-state index contributed by atoms with van der Waals surface area (Å²) in [6, 6.07) is 10.7. The van der Waals surface area contributed by atoms with E-state index < -0.39 is 0 Å². The normalized spacial score (nSPS) is 14.5. The molecule has 0 radical (unpaired) electrons. The number of rotatable bonds is 7. The minimum absolute atomic E-state index is 0.0198. The number of carbonyl (C=O) groups is 3. The first-order valence-electron chi connectivity index (χ1n) is 9.57. The first kappa shape index (κ1) is 19.7. The van der Waals surface area contributed by atoms with Crippen LogP contribution in [0.2, 0.25) is 0 Å². The van der Waals surface area contributed by atoms with Crippen LogP contribution in [0.1, 0.15) is 46.4 Å². The Balaban J connectivity index is 1.30. The Morgan fingerprint density at radius 2 is 1.79 bits per heavy atom. The predicted molar refractivity (Wildman–Crippen MR) is 104 cm³/mol. The van der Waals surface area contributed by atoms with Crippen molar-refractivity contribution in [1.82, 2.24) is 15.5 Å². The van der Waals surface area contributed by atoms with Crippen molar-refractivity contribution < 1.29 is 18.8 Å². The fourth-order valence-corrected chi connectivity index (χ4v) is 3.24. The van der Waals surface area contributed by atoms with Crippen molar-refractivity contribution in [1.29, 1.82) is 0 Å². The minimum atomic E-state index is -0.129. The van der Waals surface area contributed by atoms with E-state index in [1.54, 1.807) is 23.1 Å². The van der Waals surface area contributed by atoms with Crippen molar-refractivity contribution in [3.8, 4) is 0 Å². The summed E-state index contributed by atoms with van der Waals surface area (Å²) in [6.45, 7) is 1.68. The lowest BCUT2D eigenvalue weighted by Gasteiger charge is -2.32. The van der Waals surface area contributed by atoms with Gasteiger partial charge in [-0.3, -0.25) is 14.4 Å². The Labute approximate surface area is 164 Å². The summed E-state index contributed by atoms with van der Waals surface area (Å²) < 4.78 is 4.96. The lowest BCUT2D eigenvalue weighted by Crippen LogP contribution is -2.46. The summed E-state index contributed by atoms with van der Waals surface area (Å²) in [6.07, 6.45) is 5.36. The van der Waals surface area contributed by atoms with Crippen molar-refractivity contribution in [2.75, 3.05) is 19.6 Å². The van der Waals surface area contributed by atoms with Crippen molar-refractivity contribution >= 4 is 17.7 Å². The van der Waals surface area contributed by atoms with E-state index in [4.69, 9.17) is 4.42 Å². The SMILES string of the molecule is O=C(CCCNC(=O)c1ccccc1)NC1CCN(C(=O)c2ccoc2)CC1. The van der Waals surface area contributed by atoms with Gasteiger partial charge in [0.15, 0.2) is 0 Å². The Kier molecular flexibility index (Phi) is 6.84. The summed E-state index contributed by atoms with van der Waals surface area (Å²) in [7, 11) is 0. The zero-order valence-electron chi connectivity index (χ0n) is 15.7. The summed E-state index contributed by atoms with van der Waals surface area (Å²) in [5, 5.41) is 5.84. The predicted octanol–water partition coefficient (Wildman–Crippen LogP) is 2.21. The number of nitrogens with zero attached hydrogens (tertiary/aromatic N) is 1. The third-order valence-corrected chi connectivity index (χ3v) is 4.82. The molecule has 1 aromatic carbocycles. The molecule has 2 heterocycles. The summed E-state index contributed by atoms with van der Waals surface area (Å²) in [5.41, 5.74) is 1.17. The molecule has 0 aliphatic carbocycles. The molecule has 148 valence electrons. The van der Waals surface area contributed by atoms with Crippen LogP contribution in [-0.4, -0.2) is 48.3 Å². The average Bonchev–Trinajstić information content (AvgIpc) is 3.26. The third-order valence-electron chi connectivity index (χ3n) is 4.82. The molecule has 2 N–H and O–H groups in total. The molecule has 0 bridgehead atoms. The van der Waals surface area contributed by atoms with Gasteiger partial charge in [-0.05, 0) is 37.5 Å². The van der Waals surface area contributed by atoms with Crippen LogP contribution >= 0.6 is 0 Å². The Hall–Kier alpha value is -3.09. The fraction of sp³-hybridized carbons (Fsp3) is 0.381. The van der Waals surface area contributed by atoms with Gasteiger partial charge in [-0.2, -0.15) is 0 Å². The van der Waals surface area contributed by atoms with Gasteiger partial charge in [-0.15, -0.1) is 0 Å². The lowest BCUT2D eigenvalue weighted by molar-refractivity contribution is -0.122. The standard InChI is InChI=1S/C21H25N3O4/c25-19(7-4-11-22-20(26)16-5-2-1-3-6-16)23-18-8-12-24(13-9-18)21(27)17-10-14-28-15-17/h1-3,5-6,10,14-15,18H,4,7-9,11-13H2,(H,22,26)(H,23,25). The number of furan rings is 1. The van der Waals surface area contributed by atoms with E-state index in [1.807, 2.05) is 18.2 Å². The van der Waals surface area contributed by atoms with Gasteiger partial charge in [-0.1, -0.05) is 18.2 Å². The van der Waals surface area contributed by atoms with Gasteiger partial charge in [0.1, 0.15) is 6.26 Å². The van der Waals surface area contributed by atoms with E-state index in [0.717, 1.165) is 12.8 Å². The summed E-state index contributed by atoms with van der Waals surface area (Å²) >= 11 is 0. The van der Waals surface area contributed by atoms with E-state index in [-0.39, 0.29) is 23.8 Å². The molecule has 1 aromatic heterocycles. The zero-order valence-corrected chi connectivity index (χ0v) is 15.7. The molecule has 0 saturated carbocycles. The lowest BCUT2D eigenvalue weighted by atomic mass is 10.0. The van der Waals surface area contributed by atoms with E-state index in [9.17, 15) is 14.4 Å². The molecular weight excluding hydrogens is 358 g/mol. The molecule has 7 heteroatoms. The molecule has 0 atom stereocenters. The second-order valence-electron chi connectivity index (χ2n) is 6.87. The molecular formula is C21H25N3O4. The van der Waals surface area contributed by atoms with Gasteiger partial charge in [0, 0.05) is 37.7 Å². The van der Waals surface area contributed by atoms with E-state index in [1.165, 1.54) is 12.5 Å². The molecule has 1 aliphatic heterocycles. The van der Waals surface area contributed by atoms with Crippen LogP contribution in [0.3, 0.4) is 0 Å². The third kappa shape index (κ3) is 5.45. The molecule has 1 saturated heterocycles. The Morgan fingerprint density at radius 3 is 2.46 bits per heavy atom. The van der Waals surface area contributed by atoms with Crippen LogP contribution in [0.5, 0.6) is 0 Å². The van der Waals surface area contributed by atoms with E-state index in [2.05, 4.69) is 10.6 Å². The number of carbonyl (C=O) groups excluding carboxylic acids is 3. The van der Waals surface area contributed by atoms with Gasteiger partial charge in [0.05, 0.1) is 11.8 Å². The molecule has 3 rings (SSSR count). The second-order valence-corrected chi connectivity index (χ2v) is 6.87. The number of hydrogen-bond donors (Lipinski definition) is 2. The minimum Gasteiger partial charge on any atom is -0.472 e. The highest BCUT2D eigenvalue weighted by atomic mass is 16.3. The van der Waals surface area contributed by atoms with Gasteiger partial charge in [0.25, 0.3) is 11.8 Å². The van der Waals surface area contributed by atoms with E-state index >= 15 is 0 Å². The molecule has 2 aromatic rings. The first-order chi connectivity index (χ1) is 13.6. The maximum Gasteiger partial charge on any atom is 0.257 e. The number of amides is 3. The van der Waals surface area contributed by atoms with Crippen molar-refractivity contribution in [3.05, 3.63) is 60.1 Å². The fourth-order valence-electron chi connectivity index (χ4n) is 3.24. The van der Waals surface area contributed by atoms with Crippen LogP contribution < -0.4 is 10.6 Å². The highest BCUT2D eigenvalue weighted by Gasteiger charge is 2.24. The highest BCUT2D eigenvalue weighted by molar-refractivity contribution is 5.94. The average molecular weight is 383 g/mol. The molecule has 0 unspecified atom stereocenters. The number of benzene rings is 1. The highest BCUT2D eigenvalue weighted by Crippen LogP contribution is 2.14. The molecule has 0 spiro atoms. The smallest absolute Gasteiger partial charge is 0.257 e. The number of piperidine rings is 1. The summed E-state index contributed by atoms with van der Waals surface area (Å²) in [4.78, 5) is 38.1. The van der Waals surface area contributed by atoms with Crippen molar-refractivity contribution in [2.24, 2.45) is 0 Å². The molecule has 1 fully saturated rings. The molecule has 3 amide bonds. The van der Waals surface area contributed by atoms with Crippen molar-refractivity contribution in [2.45, 2.75) is 31.7 Å². The Bertz CT molecular complexity index is 781. The van der Waals surface area contributed by atoms with Gasteiger partial charge < -0.3 is 20.0 Å². The molecule has 28 heavy (non-hydrogen) atoms. The first-order valence-corrected chi connectivity index (χ1v) is 9.57. The van der Waals surface area contributed by atoms with Crippen LogP contribution in [0, 0.1) is 0 Å². The number of hydrogen-bond acceptors (Lipinski definition) is 4. The maximum atomic E-state index is 12.3. The zero-order chi connectivity index (χ0) is 19.8. The van der Waals surface area contributed by atoms with E-state index in [0.29, 0.717) is 43.6 Å². The van der Waals surface area contributed by atoms with Crippen LogP contribution in [0.4, 0.5) is 0 Å². The quantitative estimate of drug-likeness (QED) is 0.717. The number of nitrogens with one attached hydrogen (secondary N) is 2. The van der Waals surface area contributed by atoms with Crippen LogP contribution in [-0.2, 0) is 4.79 Å². The molecule has 1 aliphatic rings. The van der Waals surface area contributed by atoms with Gasteiger partial charge >= 0.3 is 0 Å². The van der Waals surface area contributed by atoms with Crippen molar-refractivity contribution in [3.63, 3.8) is 0 Å². The Morgan fingerprint density at radius 1 is 1.04 bits per heavy atom. The van der Waals surface area contributed by atoms with Gasteiger partial charge in [-0.25, -0.2) is 0 Å². The van der Waals surface area contributed by atoms with Crippen LogP contribution in [0.25, 0.3) is 0 Å². The molecule has 7 nitrogen and oxygen atoms in total. The topological polar surface area (TPSA) is 91.7 Å². The van der Waals surface area contributed by atoms with Gasteiger partial charge in [0.2, 0.25) is 5.91 Å². The monoisotopic (exact) mass is 383 g/mol. The maximum absolute atomic E-state index is 12.3. The summed E-state index contributed by atoms with van der Waals surface area (Å²) in [5.74, 6) is -0.183. The second kappa shape index (κ2) is 9.73.